The maximum absolute atomic E-state index is 9.13. The van der Waals surface area contributed by atoms with E-state index >= 15 is 0 Å². The van der Waals surface area contributed by atoms with Crippen LogP contribution in [-0.4, -0.2) is 21.3 Å². The van der Waals surface area contributed by atoms with Gasteiger partial charge in [0.05, 0.1) is 25.1 Å². The van der Waals surface area contributed by atoms with Crippen LogP contribution in [0.2, 0.25) is 0 Å². The number of ether oxygens (including phenoxy) is 1. The Morgan fingerprint density at radius 3 is 2.88 bits per heavy atom. The van der Waals surface area contributed by atoms with Crippen molar-refractivity contribution >= 4 is 0 Å². The highest BCUT2D eigenvalue weighted by Gasteiger charge is 2.08. The van der Waals surface area contributed by atoms with Gasteiger partial charge in [-0.25, -0.2) is 4.98 Å². The Balaban J connectivity index is 2.38. The van der Waals surface area contributed by atoms with E-state index in [0.29, 0.717) is 6.61 Å². The van der Waals surface area contributed by atoms with Gasteiger partial charge in [0.2, 0.25) is 0 Å². The molecule has 0 aliphatic rings. The van der Waals surface area contributed by atoms with Crippen molar-refractivity contribution in [1.29, 1.82) is 0 Å². The number of benzene rings is 1. The van der Waals surface area contributed by atoms with Gasteiger partial charge in [0.25, 0.3) is 0 Å². The second-order valence-corrected chi connectivity index (χ2v) is 3.75. The Kier molecular flexibility index (Phi) is 3.44. The average molecular weight is 232 g/mol. The van der Waals surface area contributed by atoms with Crippen molar-refractivity contribution in [2.45, 2.75) is 13.5 Å². The van der Waals surface area contributed by atoms with Crippen molar-refractivity contribution in [2.24, 2.45) is 7.05 Å². The lowest BCUT2D eigenvalue weighted by atomic mass is 10.2. The molecule has 0 saturated heterocycles. The monoisotopic (exact) mass is 232 g/mol. The number of aromatic nitrogens is 2. The number of aliphatic hydroxyl groups excluding tert-OH is 1. The molecule has 1 heterocycles. The van der Waals surface area contributed by atoms with E-state index in [0.717, 1.165) is 22.8 Å². The number of rotatable bonds is 4. The number of hydrogen-bond donors (Lipinski definition) is 1. The summed E-state index contributed by atoms with van der Waals surface area (Å²) < 4.78 is 7.33. The highest BCUT2D eigenvalue weighted by Crippen LogP contribution is 2.23. The Labute approximate surface area is 100 Å². The fourth-order valence-electron chi connectivity index (χ4n) is 1.75. The highest BCUT2D eigenvalue weighted by atomic mass is 16.5. The molecule has 90 valence electrons. The zero-order valence-electron chi connectivity index (χ0n) is 10.1. The molecular formula is C13H16N2O2. The molecule has 0 aliphatic heterocycles. The third-order valence-corrected chi connectivity index (χ3v) is 2.65. The topological polar surface area (TPSA) is 47.3 Å². The van der Waals surface area contributed by atoms with E-state index in [1.807, 2.05) is 42.8 Å². The molecule has 4 nitrogen and oxygen atoms in total. The third kappa shape index (κ3) is 2.31. The molecule has 0 fully saturated rings. The summed E-state index contributed by atoms with van der Waals surface area (Å²) in [4.78, 5) is 4.31. The molecule has 0 spiro atoms. The first-order chi connectivity index (χ1) is 8.26. The lowest BCUT2D eigenvalue weighted by Gasteiger charge is -2.07. The van der Waals surface area contributed by atoms with Crippen LogP contribution in [0.15, 0.2) is 30.5 Å². The van der Waals surface area contributed by atoms with Gasteiger partial charge in [-0.3, -0.25) is 0 Å². The van der Waals surface area contributed by atoms with Crippen LogP contribution >= 0.6 is 0 Å². The second kappa shape index (κ2) is 5.01. The molecule has 4 heteroatoms. The average Bonchev–Trinajstić information content (AvgIpc) is 2.71. The van der Waals surface area contributed by atoms with Crippen molar-refractivity contribution in [3.05, 3.63) is 36.2 Å². The Bertz CT molecular complexity index is 506. The van der Waals surface area contributed by atoms with Gasteiger partial charge in [-0.2, -0.15) is 0 Å². The molecule has 0 unspecified atom stereocenters. The van der Waals surface area contributed by atoms with E-state index in [2.05, 4.69) is 4.98 Å². The van der Waals surface area contributed by atoms with Crippen molar-refractivity contribution in [3.8, 4) is 17.1 Å². The molecule has 1 N–H and O–H groups in total. The van der Waals surface area contributed by atoms with E-state index in [1.54, 1.807) is 6.20 Å². The first-order valence-electron chi connectivity index (χ1n) is 5.61. The van der Waals surface area contributed by atoms with Gasteiger partial charge in [-0.05, 0) is 19.1 Å². The lowest BCUT2D eigenvalue weighted by Crippen LogP contribution is -1.98. The van der Waals surface area contributed by atoms with E-state index in [1.165, 1.54) is 0 Å². The van der Waals surface area contributed by atoms with Gasteiger partial charge >= 0.3 is 0 Å². The summed E-state index contributed by atoms with van der Waals surface area (Å²) in [6, 6.07) is 7.79. The molecule has 1 aromatic carbocycles. The molecule has 1 aromatic heterocycles. The number of aliphatic hydroxyl groups is 1. The summed E-state index contributed by atoms with van der Waals surface area (Å²) in [6.45, 7) is 2.60. The minimum absolute atomic E-state index is 0.00531. The SMILES string of the molecule is CCOc1cccc(-c2ncc(CO)n2C)c1. The first-order valence-corrected chi connectivity index (χ1v) is 5.61. The van der Waals surface area contributed by atoms with Crippen molar-refractivity contribution in [3.63, 3.8) is 0 Å². The zero-order valence-corrected chi connectivity index (χ0v) is 10.1. The molecular weight excluding hydrogens is 216 g/mol. The molecule has 0 aliphatic carbocycles. The van der Waals surface area contributed by atoms with Gasteiger partial charge in [0.1, 0.15) is 11.6 Å². The fourth-order valence-corrected chi connectivity index (χ4v) is 1.75. The normalized spacial score (nSPS) is 10.5. The summed E-state index contributed by atoms with van der Waals surface area (Å²) in [5, 5.41) is 9.13. The van der Waals surface area contributed by atoms with Crippen LogP contribution in [0.25, 0.3) is 11.4 Å². The number of hydrogen-bond acceptors (Lipinski definition) is 3. The summed E-state index contributed by atoms with van der Waals surface area (Å²) >= 11 is 0. The zero-order chi connectivity index (χ0) is 12.3. The number of nitrogens with zero attached hydrogens (tertiary/aromatic N) is 2. The molecule has 0 amide bonds. The second-order valence-electron chi connectivity index (χ2n) is 3.75. The predicted molar refractivity (Wildman–Crippen MR) is 65.7 cm³/mol. The Morgan fingerprint density at radius 1 is 1.41 bits per heavy atom. The minimum Gasteiger partial charge on any atom is -0.494 e. The summed E-state index contributed by atoms with van der Waals surface area (Å²) in [7, 11) is 1.89. The van der Waals surface area contributed by atoms with Crippen molar-refractivity contribution in [2.75, 3.05) is 6.61 Å². The van der Waals surface area contributed by atoms with Crippen molar-refractivity contribution in [1.82, 2.24) is 9.55 Å². The third-order valence-electron chi connectivity index (χ3n) is 2.65. The summed E-state index contributed by atoms with van der Waals surface area (Å²) in [6.07, 6.45) is 1.68. The van der Waals surface area contributed by atoms with Gasteiger partial charge in [0, 0.05) is 12.6 Å². The maximum Gasteiger partial charge on any atom is 0.140 e. The maximum atomic E-state index is 9.13. The first kappa shape index (κ1) is 11.7. The van der Waals surface area contributed by atoms with Crippen LogP contribution in [0.4, 0.5) is 0 Å². The van der Waals surface area contributed by atoms with E-state index in [-0.39, 0.29) is 6.61 Å². The minimum atomic E-state index is -0.00531. The van der Waals surface area contributed by atoms with Crippen LogP contribution in [0.1, 0.15) is 12.6 Å². The summed E-state index contributed by atoms with van der Waals surface area (Å²) in [5.41, 5.74) is 1.78. The largest absolute Gasteiger partial charge is 0.494 e. The van der Waals surface area contributed by atoms with Crippen molar-refractivity contribution < 1.29 is 9.84 Å². The standard InChI is InChI=1S/C13H16N2O2/c1-3-17-12-6-4-5-10(7-12)13-14-8-11(9-16)15(13)2/h4-8,16H,3,9H2,1-2H3. The highest BCUT2D eigenvalue weighted by molar-refractivity contribution is 5.58. The molecule has 0 radical (unpaired) electrons. The molecule has 0 saturated carbocycles. The molecule has 17 heavy (non-hydrogen) atoms. The van der Waals surface area contributed by atoms with E-state index < -0.39 is 0 Å². The Hall–Kier alpha value is -1.81. The quantitative estimate of drug-likeness (QED) is 0.876. The van der Waals surface area contributed by atoms with E-state index in [9.17, 15) is 0 Å². The molecule has 2 aromatic rings. The summed E-state index contributed by atoms with van der Waals surface area (Å²) in [5.74, 6) is 1.66. The Morgan fingerprint density at radius 2 is 2.24 bits per heavy atom. The smallest absolute Gasteiger partial charge is 0.140 e. The number of imidazole rings is 1. The van der Waals surface area contributed by atoms with Gasteiger partial charge < -0.3 is 14.4 Å². The lowest BCUT2D eigenvalue weighted by molar-refractivity contribution is 0.273. The molecule has 0 bridgehead atoms. The van der Waals surface area contributed by atoms with Crippen LogP contribution in [0.5, 0.6) is 5.75 Å². The van der Waals surface area contributed by atoms with Crippen LogP contribution in [0.3, 0.4) is 0 Å². The van der Waals surface area contributed by atoms with Crippen LogP contribution < -0.4 is 4.74 Å². The molecule has 2 rings (SSSR count). The molecule has 0 atom stereocenters. The van der Waals surface area contributed by atoms with Gasteiger partial charge in [-0.1, -0.05) is 12.1 Å². The van der Waals surface area contributed by atoms with Crippen LogP contribution in [0, 0.1) is 0 Å². The van der Waals surface area contributed by atoms with Crippen LogP contribution in [-0.2, 0) is 13.7 Å². The van der Waals surface area contributed by atoms with E-state index in [4.69, 9.17) is 9.84 Å². The fraction of sp³-hybridized carbons (Fsp3) is 0.308. The predicted octanol–water partition coefficient (Wildman–Crippen LogP) is 1.98. The van der Waals surface area contributed by atoms with Gasteiger partial charge in [-0.15, -0.1) is 0 Å². The van der Waals surface area contributed by atoms with Gasteiger partial charge in [0.15, 0.2) is 0 Å².